The van der Waals surface area contributed by atoms with Crippen molar-refractivity contribution in [3.8, 4) is 0 Å². The average Bonchev–Trinajstić information content (AvgIpc) is 2.85. The number of nitro groups is 1. The van der Waals surface area contributed by atoms with Crippen LogP contribution in [-0.4, -0.2) is 48.3 Å². The van der Waals surface area contributed by atoms with E-state index in [1.807, 2.05) is 0 Å². The maximum absolute atomic E-state index is 10.8. The fourth-order valence-corrected chi connectivity index (χ4v) is 2.68. The van der Waals surface area contributed by atoms with E-state index in [0.29, 0.717) is 17.8 Å². The Labute approximate surface area is 117 Å². The second-order valence-corrected chi connectivity index (χ2v) is 5.36. The van der Waals surface area contributed by atoms with Crippen LogP contribution in [0.1, 0.15) is 12.1 Å². The van der Waals surface area contributed by atoms with Crippen molar-refractivity contribution in [3.05, 3.63) is 27.9 Å². The summed E-state index contributed by atoms with van der Waals surface area (Å²) in [6, 6.07) is 4.18. The molecule has 1 N–H and O–H groups in total. The summed E-state index contributed by atoms with van der Waals surface area (Å²) in [7, 11) is 0. The predicted molar refractivity (Wildman–Crippen MR) is 74.0 cm³/mol. The third-order valence-corrected chi connectivity index (χ3v) is 3.85. The van der Waals surface area contributed by atoms with Crippen LogP contribution in [0, 0.1) is 17.0 Å². The lowest BCUT2D eigenvalue weighted by molar-refractivity contribution is -0.385. The van der Waals surface area contributed by atoms with Crippen molar-refractivity contribution in [2.24, 2.45) is 0 Å². The van der Waals surface area contributed by atoms with E-state index in [0.717, 1.165) is 38.5 Å². The minimum absolute atomic E-state index is 0.0760. The van der Waals surface area contributed by atoms with Crippen molar-refractivity contribution < 1.29 is 9.66 Å². The first-order valence-corrected chi connectivity index (χ1v) is 6.84. The van der Waals surface area contributed by atoms with Crippen LogP contribution >= 0.6 is 0 Å². The van der Waals surface area contributed by atoms with Gasteiger partial charge in [0.15, 0.2) is 0 Å². The normalized spacial score (nSPS) is 22.9. The zero-order chi connectivity index (χ0) is 14.1. The molecule has 7 heteroatoms. The number of pyridine rings is 1. The number of hydrogen-bond acceptors (Lipinski definition) is 6. The third-order valence-electron chi connectivity index (χ3n) is 3.85. The number of ether oxygens (including phenoxy) is 1. The summed E-state index contributed by atoms with van der Waals surface area (Å²) in [5.74, 6) is 0.814. The molecule has 2 fully saturated rings. The van der Waals surface area contributed by atoms with Crippen molar-refractivity contribution in [1.82, 2.24) is 10.3 Å². The molecule has 0 amide bonds. The first kappa shape index (κ1) is 13.3. The molecule has 108 valence electrons. The molecule has 0 radical (unpaired) electrons. The van der Waals surface area contributed by atoms with Crippen LogP contribution in [0.4, 0.5) is 11.5 Å². The van der Waals surface area contributed by atoms with Crippen molar-refractivity contribution in [3.63, 3.8) is 0 Å². The first-order valence-electron chi connectivity index (χ1n) is 6.84. The number of nitrogens with zero attached hydrogens (tertiary/aromatic N) is 3. The number of aryl methyl sites for hydroxylation is 1. The van der Waals surface area contributed by atoms with Crippen molar-refractivity contribution >= 4 is 11.5 Å². The Hall–Kier alpha value is -1.73. The Bertz CT molecular complexity index is 510. The van der Waals surface area contributed by atoms with Gasteiger partial charge >= 0.3 is 0 Å². The molecule has 20 heavy (non-hydrogen) atoms. The van der Waals surface area contributed by atoms with E-state index in [-0.39, 0.29) is 5.69 Å². The quantitative estimate of drug-likeness (QED) is 0.650. The van der Waals surface area contributed by atoms with Gasteiger partial charge in [0.2, 0.25) is 0 Å². The molecule has 0 spiro atoms. The van der Waals surface area contributed by atoms with Crippen LogP contribution in [0.15, 0.2) is 12.1 Å². The molecule has 7 nitrogen and oxygen atoms in total. The maximum atomic E-state index is 10.8. The molecule has 3 heterocycles. The van der Waals surface area contributed by atoms with Gasteiger partial charge in [-0.1, -0.05) is 0 Å². The van der Waals surface area contributed by atoms with Crippen molar-refractivity contribution in [1.29, 1.82) is 0 Å². The van der Waals surface area contributed by atoms with E-state index >= 15 is 0 Å². The second kappa shape index (κ2) is 5.34. The third kappa shape index (κ3) is 2.59. The summed E-state index contributed by atoms with van der Waals surface area (Å²) in [5.41, 5.74) is 0.542. The molecule has 0 bridgehead atoms. The van der Waals surface area contributed by atoms with E-state index in [1.165, 1.54) is 6.07 Å². The van der Waals surface area contributed by atoms with Gasteiger partial charge in [-0.05, 0) is 19.4 Å². The lowest BCUT2D eigenvalue weighted by Gasteiger charge is -2.41. The molecule has 1 atom stereocenters. The van der Waals surface area contributed by atoms with Gasteiger partial charge in [0, 0.05) is 37.8 Å². The van der Waals surface area contributed by atoms with E-state index in [2.05, 4.69) is 15.2 Å². The van der Waals surface area contributed by atoms with Gasteiger partial charge in [-0.2, -0.15) is 0 Å². The van der Waals surface area contributed by atoms with E-state index in [9.17, 15) is 10.1 Å². The highest BCUT2D eigenvalue weighted by Gasteiger charge is 2.31. The molecule has 2 saturated heterocycles. The second-order valence-electron chi connectivity index (χ2n) is 5.36. The number of rotatable bonds is 4. The van der Waals surface area contributed by atoms with Gasteiger partial charge < -0.3 is 15.0 Å². The zero-order valence-corrected chi connectivity index (χ0v) is 11.4. The largest absolute Gasteiger partial charge is 0.380 e. The summed E-state index contributed by atoms with van der Waals surface area (Å²) in [6.07, 6.45) is 1.07. The molecule has 0 saturated carbocycles. The summed E-state index contributed by atoms with van der Waals surface area (Å²) < 4.78 is 5.34. The Morgan fingerprint density at radius 2 is 2.25 bits per heavy atom. The Morgan fingerprint density at radius 1 is 1.45 bits per heavy atom. The Morgan fingerprint density at radius 3 is 2.85 bits per heavy atom. The molecule has 3 rings (SSSR count). The Balaban J connectivity index is 1.56. The van der Waals surface area contributed by atoms with E-state index in [1.54, 1.807) is 13.0 Å². The van der Waals surface area contributed by atoms with Gasteiger partial charge in [-0.3, -0.25) is 10.1 Å². The fraction of sp³-hybridized carbons (Fsp3) is 0.615. The molecule has 0 aliphatic carbocycles. The Kier molecular flexibility index (Phi) is 3.54. The molecule has 1 aromatic heterocycles. The summed E-state index contributed by atoms with van der Waals surface area (Å²) >= 11 is 0. The molecule has 1 aromatic rings. The highest BCUT2D eigenvalue weighted by atomic mass is 16.6. The summed E-state index contributed by atoms with van der Waals surface area (Å²) in [6.45, 7) is 5.09. The molecule has 0 aromatic carbocycles. The monoisotopic (exact) mass is 278 g/mol. The summed E-state index contributed by atoms with van der Waals surface area (Å²) in [4.78, 5) is 16.8. The predicted octanol–water partition coefficient (Wildman–Crippen LogP) is 0.865. The number of hydrogen-bond donors (Lipinski definition) is 1. The lowest BCUT2D eigenvalue weighted by Crippen LogP contribution is -2.60. The number of aromatic nitrogens is 1. The lowest BCUT2D eigenvalue weighted by atomic mass is 10.1. The van der Waals surface area contributed by atoms with Gasteiger partial charge in [-0.25, -0.2) is 4.98 Å². The molecule has 2 aliphatic heterocycles. The molecular weight excluding hydrogens is 260 g/mol. The van der Waals surface area contributed by atoms with Crippen LogP contribution in [0.25, 0.3) is 0 Å². The van der Waals surface area contributed by atoms with Crippen LogP contribution in [0.2, 0.25) is 0 Å². The smallest absolute Gasteiger partial charge is 0.290 e. The van der Waals surface area contributed by atoms with Gasteiger partial charge in [-0.15, -0.1) is 0 Å². The van der Waals surface area contributed by atoms with Crippen LogP contribution in [0.3, 0.4) is 0 Å². The highest BCUT2D eigenvalue weighted by Crippen LogP contribution is 2.24. The highest BCUT2D eigenvalue weighted by molar-refractivity contribution is 5.49. The van der Waals surface area contributed by atoms with Gasteiger partial charge in [0.1, 0.15) is 11.5 Å². The van der Waals surface area contributed by atoms with E-state index in [4.69, 9.17) is 4.74 Å². The molecule has 1 unspecified atom stereocenters. The van der Waals surface area contributed by atoms with Gasteiger partial charge in [0.25, 0.3) is 5.69 Å². The standard InChI is InChI=1S/C13H18N4O3/c1-9-12(17(18)19)2-3-13(14-9)16-6-11(7-16)15-10-4-5-20-8-10/h2-3,10-11,15H,4-8H2,1H3. The SMILES string of the molecule is Cc1nc(N2CC(NC3CCOC3)C2)ccc1[N+](=O)[O-]. The summed E-state index contributed by atoms with van der Waals surface area (Å²) in [5, 5.41) is 14.3. The minimum Gasteiger partial charge on any atom is -0.380 e. The zero-order valence-electron chi connectivity index (χ0n) is 11.4. The van der Waals surface area contributed by atoms with Crippen LogP contribution in [0.5, 0.6) is 0 Å². The van der Waals surface area contributed by atoms with E-state index < -0.39 is 4.92 Å². The average molecular weight is 278 g/mol. The maximum Gasteiger partial charge on any atom is 0.290 e. The number of anilines is 1. The van der Waals surface area contributed by atoms with Gasteiger partial charge in [0.05, 0.1) is 11.5 Å². The van der Waals surface area contributed by atoms with Crippen molar-refractivity contribution in [2.75, 3.05) is 31.2 Å². The van der Waals surface area contributed by atoms with Crippen LogP contribution in [-0.2, 0) is 4.74 Å². The minimum atomic E-state index is -0.396. The number of nitrogens with one attached hydrogen (secondary N) is 1. The molecular formula is C13H18N4O3. The van der Waals surface area contributed by atoms with Crippen molar-refractivity contribution in [2.45, 2.75) is 25.4 Å². The topological polar surface area (TPSA) is 80.5 Å². The van der Waals surface area contributed by atoms with Crippen LogP contribution < -0.4 is 10.2 Å². The fourth-order valence-electron chi connectivity index (χ4n) is 2.68. The first-order chi connectivity index (χ1) is 9.63. The molecule has 2 aliphatic rings.